The van der Waals surface area contributed by atoms with Gasteiger partial charge in [-0.15, -0.1) is 0 Å². The quantitative estimate of drug-likeness (QED) is 0.856. The van der Waals surface area contributed by atoms with Gasteiger partial charge in [0.05, 0.1) is 0 Å². The van der Waals surface area contributed by atoms with E-state index in [4.69, 9.17) is 0 Å². The van der Waals surface area contributed by atoms with Crippen molar-refractivity contribution in [3.8, 4) is 0 Å². The molecule has 3 rings (SSSR count). The summed E-state index contributed by atoms with van der Waals surface area (Å²) >= 11 is 0. The molecule has 2 N–H and O–H groups in total. The Morgan fingerprint density at radius 3 is 2.47 bits per heavy atom. The monoisotopic (exact) mass is 258 g/mol. The van der Waals surface area contributed by atoms with Crippen molar-refractivity contribution in [2.45, 2.75) is 50.0 Å². The zero-order chi connectivity index (χ0) is 13.1. The van der Waals surface area contributed by atoms with Crippen LogP contribution in [0, 0.1) is 0 Å². The van der Waals surface area contributed by atoms with E-state index in [0.29, 0.717) is 6.04 Å². The van der Waals surface area contributed by atoms with Crippen LogP contribution in [0.4, 0.5) is 4.79 Å². The van der Waals surface area contributed by atoms with E-state index in [1.54, 1.807) is 0 Å². The molecule has 0 spiro atoms. The fourth-order valence-corrected chi connectivity index (χ4v) is 3.12. The maximum Gasteiger partial charge on any atom is 0.315 e. The summed E-state index contributed by atoms with van der Waals surface area (Å²) in [6.45, 7) is 0.759. The Balaban J connectivity index is 1.65. The normalized spacial score (nSPS) is 21.1. The Morgan fingerprint density at radius 2 is 1.84 bits per heavy atom. The Kier molecular flexibility index (Phi) is 3.45. The fraction of sp³-hybridized carbons (Fsp3) is 0.562. The number of carbonyl (C=O) groups excluding carboxylic acids is 1. The van der Waals surface area contributed by atoms with Crippen molar-refractivity contribution in [1.29, 1.82) is 0 Å². The number of benzene rings is 1. The van der Waals surface area contributed by atoms with Gasteiger partial charge in [0.2, 0.25) is 0 Å². The lowest BCUT2D eigenvalue weighted by atomic mass is 9.79. The predicted octanol–water partition coefficient (Wildman–Crippen LogP) is 2.96. The van der Waals surface area contributed by atoms with E-state index in [1.165, 1.54) is 31.2 Å². The van der Waals surface area contributed by atoms with Crippen LogP contribution in [-0.4, -0.2) is 18.6 Å². The first-order chi connectivity index (χ1) is 9.28. The van der Waals surface area contributed by atoms with Gasteiger partial charge in [-0.25, -0.2) is 4.79 Å². The molecule has 0 unspecified atom stereocenters. The lowest BCUT2D eigenvalue weighted by molar-refractivity contribution is 0.236. The van der Waals surface area contributed by atoms with Crippen LogP contribution in [0.1, 0.15) is 44.1 Å². The summed E-state index contributed by atoms with van der Waals surface area (Å²) < 4.78 is 0. The number of carbonyl (C=O) groups is 1. The van der Waals surface area contributed by atoms with Gasteiger partial charge in [-0.1, -0.05) is 43.2 Å². The van der Waals surface area contributed by atoms with Crippen LogP contribution in [0.15, 0.2) is 30.3 Å². The van der Waals surface area contributed by atoms with Crippen molar-refractivity contribution in [2.75, 3.05) is 6.54 Å². The third kappa shape index (κ3) is 2.91. The molecule has 0 saturated heterocycles. The predicted molar refractivity (Wildman–Crippen MR) is 76.1 cm³/mol. The summed E-state index contributed by atoms with van der Waals surface area (Å²) in [5.41, 5.74) is 1.53. The summed E-state index contributed by atoms with van der Waals surface area (Å²) in [7, 11) is 0. The molecular weight excluding hydrogens is 236 g/mol. The van der Waals surface area contributed by atoms with Gasteiger partial charge < -0.3 is 10.6 Å². The topological polar surface area (TPSA) is 41.1 Å². The highest BCUT2D eigenvalue weighted by molar-refractivity contribution is 5.74. The van der Waals surface area contributed by atoms with Gasteiger partial charge in [0, 0.05) is 18.0 Å². The van der Waals surface area contributed by atoms with Gasteiger partial charge in [0.15, 0.2) is 0 Å². The Morgan fingerprint density at radius 1 is 1.16 bits per heavy atom. The maximum atomic E-state index is 11.8. The van der Waals surface area contributed by atoms with Crippen molar-refractivity contribution in [2.24, 2.45) is 0 Å². The second-order valence-corrected chi connectivity index (χ2v) is 5.95. The molecule has 2 aliphatic rings. The molecule has 2 aliphatic carbocycles. The van der Waals surface area contributed by atoms with Crippen molar-refractivity contribution >= 4 is 6.03 Å². The van der Waals surface area contributed by atoms with E-state index < -0.39 is 0 Å². The third-order valence-electron chi connectivity index (χ3n) is 4.45. The summed E-state index contributed by atoms with van der Waals surface area (Å²) in [4.78, 5) is 11.8. The average molecular weight is 258 g/mol. The Bertz CT molecular complexity index is 433. The number of rotatable bonds is 4. The number of hydrogen-bond acceptors (Lipinski definition) is 1. The molecular formula is C16H22N2O. The van der Waals surface area contributed by atoms with E-state index in [1.807, 2.05) is 0 Å². The molecule has 2 amide bonds. The average Bonchev–Trinajstić information content (AvgIpc) is 3.12. The molecule has 0 atom stereocenters. The van der Waals surface area contributed by atoms with Crippen LogP contribution in [-0.2, 0) is 5.41 Å². The highest BCUT2D eigenvalue weighted by atomic mass is 16.2. The van der Waals surface area contributed by atoms with Crippen LogP contribution in [0.3, 0.4) is 0 Å². The van der Waals surface area contributed by atoms with Crippen LogP contribution < -0.4 is 10.6 Å². The third-order valence-corrected chi connectivity index (χ3v) is 4.45. The maximum absolute atomic E-state index is 11.8. The zero-order valence-electron chi connectivity index (χ0n) is 11.3. The highest BCUT2D eigenvalue weighted by Crippen LogP contribution is 2.40. The molecule has 19 heavy (non-hydrogen) atoms. The SMILES string of the molecule is O=C(NCC1(c2ccccc2)CCCC1)NC1CC1. The molecule has 0 bridgehead atoms. The largest absolute Gasteiger partial charge is 0.337 e. The summed E-state index contributed by atoms with van der Waals surface area (Å²) in [6, 6.07) is 11.1. The molecule has 102 valence electrons. The van der Waals surface area contributed by atoms with E-state index in [2.05, 4.69) is 41.0 Å². The van der Waals surface area contributed by atoms with E-state index in [9.17, 15) is 4.79 Å². The van der Waals surface area contributed by atoms with Gasteiger partial charge in [0.25, 0.3) is 0 Å². The van der Waals surface area contributed by atoms with Crippen LogP contribution >= 0.6 is 0 Å². The van der Waals surface area contributed by atoms with Crippen LogP contribution in [0.2, 0.25) is 0 Å². The van der Waals surface area contributed by atoms with Gasteiger partial charge in [-0.2, -0.15) is 0 Å². The van der Waals surface area contributed by atoms with Crippen molar-refractivity contribution in [1.82, 2.24) is 10.6 Å². The minimum atomic E-state index is 0.00436. The second-order valence-electron chi connectivity index (χ2n) is 5.95. The minimum Gasteiger partial charge on any atom is -0.337 e. The van der Waals surface area contributed by atoms with Crippen molar-refractivity contribution < 1.29 is 4.79 Å². The van der Waals surface area contributed by atoms with Gasteiger partial charge >= 0.3 is 6.03 Å². The molecule has 0 radical (unpaired) electrons. The smallest absolute Gasteiger partial charge is 0.315 e. The summed E-state index contributed by atoms with van der Waals surface area (Å²) in [6.07, 6.45) is 7.16. The minimum absolute atomic E-state index is 0.00436. The molecule has 0 heterocycles. The number of nitrogens with one attached hydrogen (secondary N) is 2. The lowest BCUT2D eigenvalue weighted by Gasteiger charge is -2.30. The van der Waals surface area contributed by atoms with Gasteiger partial charge in [0.1, 0.15) is 0 Å². The first kappa shape index (κ1) is 12.5. The molecule has 0 aliphatic heterocycles. The Labute approximate surface area is 114 Å². The zero-order valence-corrected chi connectivity index (χ0v) is 11.3. The van der Waals surface area contributed by atoms with Gasteiger partial charge in [-0.3, -0.25) is 0 Å². The highest BCUT2D eigenvalue weighted by Gasteiger charge is 2.36. The molecule has 2 saturated carbocycles. The van der Waals surface area contributed by atoms with E-state index in [-0.39, 0.29) is 11.4 Å². The van der Waals surface area contributed by atoms with E-state index >= 15 is 0 Å². The summed E-state index contributed by atoms with van der Waals surface area (Å²) in [5.74, 6) is 0. The van der Waals surface area contributed by atoms with E-state index in [0.717, 1.165) is 19.4 Å². The molecule has 0 aromatic heterocycles. The number of urea groups is 1. The lowest BCUT2D eigenvalue weighted by Crippen LogP contribution is -2.44. The number of amides is 2. The fourth-order valence-electron chi connectivity index (χ4n) is 3.12. The molecule has 3 nitrogen and oxygen atoms in total. The van der Waals surface area contributed by atoms with Gasteiger partial charge in [-0.05, 0) is 31.2 Å². The Hall–Kier alpha value is -1.51. The van der Waals surface area contributed by atoms with Crippen LogP contribution in [0.5, 0.6) is 0 Å². The molecule has 1 aromatic rings. The van der Waals surface area contributed by atoms with Crippen molar-refractivity contribution in [3.63, 3.8) is 0 Å². The second kappa shape index (κ2) is 5.24. The molecule has 2 fully saturated rings. The molecule has 3 heteroatoms. The van der Waals surface area contributed by atoms with Crippen molar-refractivity contribution in [3.05, 3.63) is 35.9 Å². The standard InChI is InChI=1S/C16H22N2O/c19-15(18-14-8-9-14)17-12-16(10-4-5-11-16)13-6-2-1-3-7-13/h1-3,6-7,14H,4-5,8-12H2,(H2,17,18,19). The first-order valence-electron chi connectivity index (χ1n) is 7.38. The molecule has 1 aromatic carbocycles. The summed E-state index contributed by atoms with van der Waals surface area (Å²) in [5, 5.41) is 6.08. The first-order valence-corrected chi connectivity index (χ1v) is 7.38. The van der Waals surface area contributed by atoms with Crippen LogP contribution in [0.25, 0.3) is 0 Å². The number of hydrogen-bond donors (Lipinski definition) is 2.